The van der Waals surface area contributed by atoms with E-state index in [-0.39, 0.29) is 18.5 Å². The summed E-state index contributed by atoms with van der Waals surface area (Å²) in [4.78, 5) is 25.1. The van der Waals surface area contributed by atoms with Gasteiger partial charge in [0.05, 0.1) is 6.61 Å². The lowest BCUT2D eigenvalue weighted by Gasteiger charge is -2.18. The number of hydrogen-bond acceptors (Lipinski definition) is 5. The predicted octanol–water partition coefficient (Wildman–Crippen LogP) is 15.9. The van der Waals surface area contributed by atoms with Crippen molar-refractivity contribution in [1.29, 1.82) is 0 Å². The SMILES string of the molecule is CCCCCCCC/C=C\CCCCCCCCCCOCC(COC(=O)CCCCCCCCCCCCCCC)OC(=O)CCCCCCCCC. The lowest BCUT2D eigenvalue weighted by atomic mass is 10.0. The molecular weight excluding hydrogens is 669 g/mol. The maximum atomic E-state index is 12.6. The Morgan fingerprint density at radius 2 is 0.722 bits per heavy atom. The topological polar surface area (TPSA) is 61.8 Å². The molecule has 0 aliphatic carbocycles. The average Bonchev–Trinajstić information content (AvgIpc) is 3.17. The van der Waals surface area contributed by atoms with E-state index in [0.29, 0.717) is 26.1 Å². The molecule has 0 saturated heterocycles. The van der Waals surface area contributed by atoms with Gasteiger partial charge in [0, 0.05) is 19.4 Å². The Bertz CT molecular complexity index is 780. The summed E-state index contributed by atoms with van der Waals surface area (Å²) < 4.78 is 17.3. The Hall–Kier alpha value is -1.36. The van der Waals surface area contributed by atoms with Crippen molar-refractivity contribution < 1.29 is 23.8 Å². The minimum absolute atomic E-state index is 0.0922. The standard InChI is InChI=1S/C49H94O5/c1-4-7-10-13-16-18-20-22-23-24-25-26-28-30-32-35-38-41-44-52-45-47(54-49(51)43-40-37-33-15-12-9-6-3)46-53-48(50)42-39-36-34-31-29-27-21-19-17-14-11-8-5-2/h22-23,47H,4-21,24-46H2,1-3H3/b23-22-. The van der Waals surface area contributed by atoms with Gasteiger partial charge in [0.2, 0.25) is 0 Å². The maximum Gasteiger partial charge on any atom is 0.306 e. The molecule has 0 aromatic rings. The van der Waals surface area contributed by atoms with Gasteiger partial charge in [0.15, 0.2) is 6.10 Å². The Morgan fingerprint density at radius 1 is 0.389 bits per heavy atom. The fraction of sp³-hybridized carbons (Fsp3) is 0.918. The van der Waals surface area contributed by atoms with Gasteiger partial charge in [0.25, 0.3) is 0 Å². The molecule has 0 heterocycles. The zero-order chi connectivity index (χ0) is 39.3. The molecule has 0 rings (SSSR count). The molecule has 1 atom stereocenters. The Balaban J connectivity index is 4.08. The number of ether oxygens (including phenoxy) is 3. The Labute approximate surface area is 337 Å². The molecule has 0 aromatic heterocycles. The highest BCUT2D eigenvalue weighted by molar-refractivity contribution is 5.70. The third kappa shape index (κ3) is 43.4. The van der Waals surface area contributed by atoms with E-state index in [1.807, 2.05) is 0 Å². The summed E-state index contributed by atoms with van der Waals surface area (Å²) >= 11 is 0. The highest BCUT2D eigenvalue weighted by Gasteiger charge is 2.17. The van der Waals surface area contributed by atoms with Crippen LogP contribution in [0.25, 0.3) is 0 Å². The quantitative estimate of drug-likeness (QED) is 0.0351. The molecule has 0 spiro atoms. The molecule has 0 saturated carbocycles. The van der Waals surface area contributed by atoms with E-state index >= 15 is 0 Å². The normalized spacial score (nSPS) is 12.1. The number of esters is 2. The van der Waals surface area contributed by atoms with Gasteiger partial charge in [-0.25, -0.2) is 0 Å². The third-order valence-electron chi connectivity index (χ3n) is 10.8. The molecule has 5 heteroatoms. The van der Waals surface area contributed by atoms with Gasteiger partial charge in [0.1, 0.15) is 6.61 Å². The summed E-state index contributed by atoms with van der Waals surface area (Å²) in [6.45, 7) is 7.83. The van der Waals surface area contributed by atoms with E-state index in [1.54, 1.807) is 0 Å². The highest BCUT2D eigenvalue weighted by Crippen LogP contribution is 2.15. The molecule has 54 heavy (non-hydrogen) atoms. The third-order valence-corrected chi connectivity index (χ3v) is 10.8. The summed E-state index contributed by atoms with van der Waals surface area (Å²) in [5.41, 5.74) is 0. The van der Waals surface area contributed by atoms with Crippen LogP contribution in [-0.4, -0.2) is 37.9 Å². The van der Waals surface area contributed by atoms with Crippen molar-refractivity contribution in [2.24, 2.45) is 0 Å². The molecule has 320 valence electrons. The number of carbonyl (C=O) groups is 2. The summed E-state index contributed by atoms with van der Waals surface area (Å²) in [7, 11) is 0. The molecular formula is C49H94O5. The van der Waals surface area contributed by atoms with Crippen molar-refractivity contribution in [2.75, 3.05) is 19.8 Å². The molecule has 0 aliphatic heterocycles. The van der Waals surface area contributed by atoms with E-state index in [9.17, 15) is 9.59 Å². The number of hydrogen-bond donors (Lipinski definition) is 0. The molecule has 0 aromatic carbocycles. The second-order valence-electron chi connectivity index (χ2n) is 16.4. The second-order valence-corrected chi connectivity index (χ2v) is 16.4. The van der Waals surface area contributed by atoms with Crippen LogP contribution in [0.4, 0.5) is 0 Å². The van der Waals surface area contributed by atoms with Crippen molar-refractivity contribution in [2.45, 2.75) is 271 Å². The zero-order valence-electron chi connectivity index (χ0n) is 36.8. The van der Waals surface area contributed by atoms with Crippen LogP contribution in [0.15, 0.2) is 12.2 Å². The van der Waals surface area contributed by atoms with Crippen LogP contribution in [0.5, 0.6) is 0 Å². The number of carbonyl (C=O) groups excluding carboxylic acids is 2. The van der Waals surface area contributed by atoms with Crippen LogP contribution in [0.3, 0.4) is 0 Å². The Morgan fingerprint density at radius 3 is 1.13 bits per heavy atom. The maximum absolute atomic E-state index is 12.6. The largest absolute Gasteiger partial charge is 0.462 e. The summed E-state index contributed by atoms with van der Waals surface area (Å²) in [6, 6.07) is 0. The Kier molecular flexibility index (Phi) is 44.9. The van der Waals surface area contributed by atoms with Crippen LogP contribution in [0.2, 0.25) is 0 Å². The van der Waals surface area contributed by atoms with E-state index in [1.165, 1.54) is 193 Å². The molecule has 5 nitrogen and oxygen atoms in total. The van der Waals surface area contributed by atoms with E-state index in [0.717, 1.165) is 38.5 Å². The molecule has 0 aliphatic rings. The van der Waals surface area contributed by atoms with Crippen molar-refractivity contribution in [3.05, 3.63) is 12.2 Å². The number of allylic oxidation sites excluding steroid dienone is 2. The summed E-state index contributed by atoms with van der Waals surface area (Å²) in [6.07, 6.45) is 50.8. The summed E-state index contributed by atoms with van der Waals surface area (Å²) in [5.74, 6) is -0.389. The van der Waals surface area contributed by atoms with E-state index in [2.05, 4.69) is 32.9 Å². The van der Waals surface area contributed by atoms with Crippen molar-refractivity contribution in [3.8, 4) is 0 Å². The predicted molar refractivity (Wildman–Crippen MR) is 233 cm³/mol. The van der Waals surface area contributed by atoms with Gasteiger partial charge < -0.3 is 14.2 Å². The first-order valence-corrected chi connectivity index (χ1v) is 24.2. The molecule has 1 unspecified atom stereocenters. The van der Waals surface area contributed by atoms with Gasteiger partial charge in [-0.3, -0.25) is 9.59 Å². The molecule has 0 amide bonds. The monoisotopic (exact) mass is 763 g/mol. The molecule has 0 N–H and O–H groups in total. The van der Waals surface area contributed by atoms with Gasteiger partial charge in [-0.15, -0.1) is 0 Å². The van der Waals surface area contributed by atoms with Gasteiger partial charge in [-0.05, 0) is 44.9 Å². The van der Waals surface area contributed by atoms with Crippen LogP contribution in [-0.2, 0) is 23.8 Å². The fourth-order valence-electron chi connectivity index (χ4n) is 7.15. The minimum Gasteiger partial charge on any atom is -0.462 e. The van der Waals surface area contributed by atoms with Gasteiger partial charge >= 0.3 is 11.9 Å². The van der Waals surface area contributed by atoms with Crippen molar-refractivity contribution >= 4 is 11.9 Å². The number of unbranched alkanes of at least 4 members (excludes halogenated alkanes) is 32. The molecule has 0 bridgehead atoms. The smallest absolute Gasteiger partial charge is 0.306 e. The van der Waals surface area contributed by atoms with Crippen molar-refractivity contribution in [3.63, 3.8) is 0 Å². The van der Waals surface area contributed by atoms with Crippen LogP contribution in [0.1, 0.15) is 265 Å². The summed E-state index contributed by atoms with van der Waals surface area (Å²) in [5, 5.41) is 0. The first kappa shape index (κ1) is 52.6. The lowest BCUT2D eigenvalue weighted by molar-refractivity contribution is -0.163. The minimum atomic E-state index is -0.525. The van der Waals surface area contributed by atoms with E-state index in [4.69, 9.17) is 14.2 Å². The average molecular weight is 763 g/mol. The van der Waals surface area contributed by atoms with Crippen LogP contribution >= 0.6 is 0 Å². The lowest BCUT2D eigenvalue weighted by Crippen LogP contribution is -2.30. The van der Waals surface area contributed by atoms with E-state index < -0.39 is 6.10 Å². The fourth-order valence-corrected chi connectivity index (χ4v) is 7.15. The number of rotatable bonds is 45. The molecule has 0 fully saturated rings. The molecule has 0 radical (unpaired) electrons. The van der Waals surface area contributed by atoms with Crippen LogP contribution < -0.4 is 0 Å². The first-order valence-electron chi connectivity index (χ1n) is 24.2. The van der Waals surface area contributed by atoms with Gasteiger partial charge in [-0.1, -0.05) is 219 Å². The van der Waals surface area contributed by atoms with Gasteiger partial charge in [-0.2, -0.15) is 0 Å². The van der Waals surface area contributed by atoms with Crippen LogP contribution in [0, 0.1) is 0 Å². The zero-order valence-corrected chi connectivity index (χ0v) is 36.8. The highest BCUT2D eigenvalue weighted by atomic mass is 16.6. The first-order chi connectivity index (χ1) is 26.6. The second kappa shape index (κ2) is 46.0. The van der Waals surface area contributed by atoms with Crippen molar-refractivity contribution in [1.82, 2.24) is 0 Å².